The molecule has 0 aromatic heterocycles. The number of nitrogens with zero attached hydrogens (tertiary/aromatic N) is 2. The summed E-state index contributed by atoms with van der Waals surface area (Å²) in [4.78, 5) is 57.8. The Morgan fingerprint density at radius 3 is 2.31 bits per heavy atom. The number of likely N-dealkylation sites (tertiary alicyclic amines) is 1. The predicted molar refractivity (Wildman–Crippen MR) is 168 cm³/mol. The van der Waals surface area contributed by atoms with Crippen molar-refractivity contribution >= 4 is 33.5 Å². The van der Waals surface area contributed by atoms with Gasteiger partial charge in [0.15, 0.2) is 9.84 Å². The summed E-state index contributed by atoms with van der Waals surface area (Å²) in [5.74, 6) is -0.819. The van der Waals surface area contributed by atoms with Crippen LogP contribution in [0.2, 0.25) is 0 Å². The third kappa shape index (κ3) is 8.09. The Morgan fingerprint density at radius 2 is 1.64 bits per heavy atom. The van der Waals surface area contributed by atoms with E-state index in [4.69, 9.17) is 0 Å². The molecule has 3 aliphatic heterocycles. The molecule has 4 amide bonds. The maximum Gasteiger partial charge on any atom is 0.243 e. The SMILES string of the molecule is CC(C)(C)CC(=O)N[C@H]1C[C@H]2C(=O)NCc3ccccc3CC(=O)N[C@@H]3C[C@@H](C(=O)N2C1)N(Cc1ccc(S(C)(=O)=O)cc1)C3. The van der Waals surface area contributed by atoms with E-state index < -0.39 is 21.9 Å². The number of hydrogen-bond acceptors (Lipinski definition) is 7. The number of carbonyl (C=O) groups is 4. The molecule has 2 saturated heterocycles. The Morgan fingerprint density at radius 1 is 0.956 bits per heavy atom. The van der Waals surface area contributed by atoms with Gasteiger partial charge in [-0.2, -0.15) is 0 Å². The molecule has 0 aliphatic carbocycles. The zero-order valence-electron chi connectivity index (χ0n) is 26.3. The number of nitrogens with one attached hydrogen (secondary N) is 3. The van der Waals surface area contributed by atoms with Gasteiger partial charge in [-0.1, -0.05) is 57.2 Å². The summed E-state index contributed by atoms with van der Waals surface area (Å²) in [6, 6.07) is 12.0. The van der Waals surface area contributed by atoms with Gasteiger partial charge in [0.1, 0.15) is 6.04 Å². The van der Waals surface area contributed by atoms with Gasteiger partial charge in [0.25, 0.3) is 0 Å². The Labute approximate surface area is 265 Å². The standard InChI is InChI=1S/C33H43N5O6S/c1-33(2,3)16-30(40)36-25-14-27-31(41)34-17-23-8-6-5-7-22(23)13-29(39)35-24-15-28(32(42)38(27)20-25)37(19-24)18-21-9-11-26(12-10-21)45(4,43)44/h5-12,24-25,27-28H,13-20H2,1-4H3,(H,34,41)(H,35,39)(H,36,40)/t24-,25+,27+,28+/m1/s1. The van der Waals surface area contributed by atoms with E-state index in [1.165, 1.54) is 0 Å². The van der Waals surface area contributed by atoms with Crippen LogP contribution in [-0.4, -0.2) is 85.4 Å². The normalized spacial score (nSPS) is 24.7. The molecule has 3 aliphatic rings. The fourth-order valence-corrected chi connectivity index (χ4v) is 7.19. The molecular weight excluding hydrogens is 594 g/mol. The Balaban J connectivity index is 1.44. The van der Waals surface area contributed by atoms with Gasteiger partial charge in [0.05, 0.1) is 17.4 Å². The lowest BCUT2D eigenvalue weighted by Crippen LogP contribution is -2.52. The van der Waals surface area contributed by atoms with Gasteiger partial charge < -0.3 is 20.9 Å². The molecule has 11 nitrogen and oxygen atoms in total. The van der Waals surface area contributed by atoms with Crippen LogP contribution in [0.3, 0.4) is 0 Å². The van der Waals surface area contributed by atoms with Gasteiger partial charge in [0.2, 0.25) is 23.6 Å². The number of fused-ring (bicyclic) bond motifs is 4. The van der Waals surface area contributed by atoms with Gasteiger partial charge in [0, 0.05) is 50.9 Å². The van der Waals surface area contributed by atoms with Crippen molar-refractivity contribution in [2.24, 2.45) is 5.41 Å². The molecule has 242 valence electrons. The molecule has 3 heterocycles. The lowest BCUT2D eigenvalue weighted by Gasteiger charge is -2.31. The maximum absolute atomic E-state index is 14.3. The molecule has 45 heavy (non-hydrogen) atoms. The van der Waals surface area contributed by atoms with E-state index in [-0.39, 0.29) is 65.5 Å². The van der Waals surface area contributed by atoms with Crippen molar-refractivity contribution in [1.29, 1.82) is 0 Å². The van der Waals surface area contributed by atoms with Crippen LogP contribution in [-0.2, 0) is 48.5 Å². The molecule has 2 fully saturated rings. The van der Waals surface area contributed by atoms with Crippen molar-refractivity contribution in [3.63, 3.8) is 0 Å². The number of amides is 4. The summed E-state index contributed by atoms with van der Waals surface area (Å²) < 4.78 is 23.9. The monoisotopic (exact) mass is 637 g/mol. The van der Waals surface area contributed by atoms with Crippen molar-refractivity contribution in [3.8, 4) is 0 Å². The number of benzene rings is 2. The highest BCUT2D eigenvalue weighted by atomic mass is 32.2. The first-order valence-corrected chi connectivity index (χ1v) is 17.3. The number of hydrogen-bond donors (Lipinski definition) is 3. The predicted octanol–water partition coefficient (Wildman–Crippen LogP) is 1.54. The van der Waals surface area contributed by atoms with E-state index in [0.717, 1.165) is 22.9 Å². The summed E-state index contributed by atoms with van der Waals surface area (Å²) in [6.07, 6.45) is 2.28. The molecule has 2 aromatic carbocycles. The average molecular weight is 638 g/mol. The minimum atomic E-state index is -3.36. The first-order chi connectivity index (χ1) is 21.2. The Bertz CT molecular complexity index is 1570. The van der Waals surface area contributed by atoms with Gasteiger partial charge in [-0.05, 0) is 47.1 Å². The van der Waals surface area contributed by atoms with Gasteiger partial charge in [-0.15, -0.1) is 0 Å². The first-order valence-electron chi connectivity index (χ1n) is 15.4. The molecule has 12 heteroatoms. The molecule has 4 atom stereocenters. The Kier molecular flexibility index (Phi) is 9.36. The van der Waals surface area contributed by atoms with Crippen molar-refractivity contribution in [1.82, 2.24) is 25.8 Å². The minimum absolute atomic E-state index is 0.122. The van der Waals surface area contributed by atoms with E-state index in [0.29, 0.717) is 32.4 Å². The molecular formula is C33H43N5O6S. The van der Waals surface area contributed by atoms with Crippen molar-refractivity contribution in [2.75, 3.05) is 19.3 Å². The fraction of sp³-hybridized carbons (Fsp3) is 0.515. The summed E-state index contributed by atoms with van der Waals surface area (Å²) in [5.41, 5.74) is 2.25. The van der Waals surface area contributed by atoms with Crippen LogP contribution in [0.1, 0.15) is 56.7 Å². The highest BCUT2D eigenvalue weighted by Gasteiger charge is 2.46. The van der Waals surface area contributed by atoms with Crippen LogP contribution >= 0.6 is 0 Å². The average Bonchev–Trinajstić information content (AvgIpc) is 3.54. The van der Waals surface area contributed by atoms with Crippen LogP contribution in [0.5, 0.6) is 0 Å². The van der Waals surface area contributed by atoms with Crippen LogP contribution in [0, 0.1) is 5.41 Å². The van der Waals surface area contributed by atoms with E-state index in [1.807, 2.05) is 49.9 Å². The molecule has 0 unspecified atom stereocenters. The third-order valence-corrected chi connectivity index (χ3v) is 9.78. The van der Waals surface area contributed by atoms with Crippen LogP contribution in [0.4, 0.5) is 0 Å². The highest BCUT2D eigenvalue weighted by Crippen LogP contribution is 2.28. The van der Waals surface area contributed by atoms with Crippen LogP contribution in [0.15, 0.2) is 53.4 Å². The lowest BCUT2D eigenvalue weighted by atomic mass is 9.92. The quantitative estimate of drug-likeness (QED) is 0.451. The number of carbonyl (C=O) groups excluding carboxylic acids is 4. The smallest absolute Gasteiger partial charge is 0.243 e. The van der Waals surface area contributed by atoms with E-state index in [1.54, 1.807) is 29.2 Å². The van der Waals surface area contributed by atoms with Gasteiger partial charge >= 0.3 is 0 Å². The van der Waals surface area contributed by atoms with Gasteiger partial charge in [-0.3, -0.25) is 24.1 Å². The summed E-state index contributed by atoms with van der Waals surface area (Å²) in [7, 11) is -3.36. The fourth-order valence-electron chi connectivity index (χ4n) is 6.55. The summed E-state index contributed by atoms with van der Waals surface area (Å²) in [5, 5.41) is 9.15. The second kappa shape index (κ2) is 12.9. The third-order valence-electron chi connectivity index (χ3n) is 8.66. The van der Waals surface area contributed by atoms with E-state index >= 15 is 0 Å². The second-order valence-electron chi connectivity index (χ2n) is 13.8. The summed E-state index contributed by atoms with van der Waals surface area (Å²) in [6.45, 7) is 7.13. The maximum atomic E-state index is 14.3. The van der Waals surface area contributed by atoms with Crippen LogP contribution in [0.25, 0.3) is 0 Å². The van der Waals surface area contributed by atoms with E-state index in [2.05, 4.69) is 16.0 Å². The number of sulfone groups is 1. The molecule has 2 aromatic rings. The second-order valence-corrected chi connectivity index (χ2v) is 15.8. The molecule has 0 spiro atoms. The van der Waals surface area contributed by atoms with Crippen molar-refractivity contribution < 1.29 is 27.6 Å². The van der Waals surface area contributed by atoms with E-state index in [9.17, 15) is 27.6 Å². The molecule has 0 radical (unpaired) electrons. The largest absolute Gasteiger partial charge is 0.352 e. The van der Waals surface area contributed by atoms with Crippen LogP contribution < -0.4 is 16.0 Å². The zero-order chi connectivity index (χ0) is 32.5. The Hall–Kier alpha value is -3.77. The first kappa shape index (κ1) is 32.6. The lowest BCUT2D eigenvalue weighted by molar-refractivity contribution is -0.142. The molecule has 3 N–H and O–H groups in total. The van der Waals surface area contributed by atoms with Gasteiger partial charge in [-0.25, -0.2) is 8.42 Å². The summed E-state index contributed by atoms with van der Waals surface area (Å²) >= 11 is 0. The molecule has 0 saturated carbocycles. The number of rotatable bonds is 5. The van der Waals surface area contributed by atoms with Crippen molar-refractivity contribution in [2.45, 2.75) is 88.6 Å². The molecule has 2 bridgehead atoms. The topological polar surface area (TPSA) is 145 Å². The molecule has 5 rings (SSSR count). The minimum Gasteiger partial charge on any atom is -0.352 e. The zero-order valence-corrected chi connectivity index (χ0v) is 27.2. The highest BCUT2D eigenvalue weighted by molar-refractivity contribution is 7.90. The van der Waals surface area contributed by atoms with Crippen molar-refractivity contribution in [3.05, 3.63) is 65.2 Å².